The van der Waals surface area contributed by atoms with Gasteiger partial charge in [-0.3, -0.25) is 0 Å². The maximum Gasteiger partial charge on any atom is 0.124 e. The molecule has 0 aliphatic carbocycles. The van der Waals surface area contributed by atoms with Crippen LogP contribution < -0.4 is 5.73 Å². The van der Waals surface area contributed by atoms with Crippen LogP contribution in [0.15, 0.2) is 23.1 Å². The van der Waals surface area contributed by atoms with E-state index in [1.54, 1.807) is 17.8 Å². The highest BCUT2D eigenvalue weighted by Gasteiger charge is 2.22. The van der Waals surface area contributed by atoms with Gasteiger partial charge < -0.3 is 5.73 Å². The lowest BCUT2D eigenvalue weighted by atomic mass is 9.98. The number of thioether (sulfide) groups is 1. The summed E-state index contributed by atoms with van der Waals surface area (Å²) < 4.78 is 12.8. The van der Waals surface area contributed by atoms with E-state index in [1.165, 1.54) is 11.6 Å². The van der Waals surface area contributed by atoms with Crippen molar-refractivity contribution in [2.75, 3.05) is 12.3 Å². The van der Waals surface area contributed by atoms with Crippen LogP contribution in [0.4, 0.5) is 4.39 Å². The van der Waals surface area contributed by atoms with Gasteiger partial charge in [-0.15, -0.1) is 11.8 Å². The molecule has 1 atom stereocenters. The van der Waals surface area contributed by atoms with Gasteiger partial charge in [-0.25, -0.2) is 4.39 Å². The molecule has 1 aliphatic heterocycles. The van der Waals surface area contributed by atoms with Gasteiger partial charge in [0, 0.05) is 10.6 Å². The lowest BCUT2D eigenvalue weighted by Gasteiger charge is -2.07. The summed E-state index contributed by atoms with van der Waals surface area (Å²) in [5, 5.41) is 0. The van der Waals surface area contributed by atoms with Crippen LogP contribution in [0.2, 0.25) is 0 Å². The highest BCUT2D eigenvalue weighted by molar-refractivity contribution is 7.99. The lowest BCUT2D eigenvalue weighted by molar-refractivity contribution is 0.620. The first-order chi connectivity index (χ1) is 6.31. The Morgan fingerprint density at radius 3 is 3.15 bits per heavy atom. The van der Waals surface area contributed by atoms with Crippen molar-refractivity contribution in [1.82, 2.24) is 0 Å². The Morgan fingerprint density at radius 2 is 2.38 bits per heavy atom. The number of nitrogens with two attached hydrogens (primary N) is 1. The van der Waals surface area contributed by atoms with E-state index in [9.17, 15) is 4.39 Å². The van der Waals surface area contributed by atoms with Crippen molar-refractivity contribution in [3.8, 4) is 0 Å². The minimum atomic E-state index is -0.139. The molecule has 1 aromatic rings. The van der Waals surface area contributed by atoms with Crippen LogP contribution in [0, 0.1) is 5.82 Å². The number of hydrogen-bond acceptors (Lipinski definition) is 2. The van der Waals surface area contributed by atoms with Gasteiger partial charge >= 0.3 is 0 Å². The van der Waals surface area contributed by atoms with Crippen molar-refractivity contribution in [1.29, 1.82) is 0 Å². The van der Waals surface area contributed by atoms with Crippen molar-refractivity contribution in [2.24, 2.45) is 5.73 Å². The van der Waals surface area contributed by atoms with Gasteiger partial charge in [0.15, 0.2) is 0 Å². The highest BCUT2D eigenvalue weighted by Crippen LogP contribution is 2.41. The molecule has 0 radical (unpaired) electrons. The van der Waals surface area contributed by atoms with Gasteiger partial charge in [-0.1, -0.05) is 6.07 Å². The van der Waals surface area contributed by atoms with E-state index in [-0.39, 0.29) is 5.82 Å². The second-order valence-electron chi connectivity index (χ2n) is 3.27. The molecule has 1 nitrogen and oxygen atoms in total. The molecular weight excluding hydrogens is 185 g/mol. The monoisotopic (exact) mass is 197 g/mol. The molecular formula is C10H12FNS. The van der Waals surface area contributed by atoms with E-state index >= 15 is 0 Å². The third kappa shape index (κ3) is 1.71. The third-order valence-corrected chi connectivity index (χ3v) is 3.60. The summed E-state index contributed by atoms with van der Waals surface area (Å²) in [6.45, 7) is 0.710. The first-order valence-corrected chi connectivity index (χ1v) is 5.42. The summed E-state index contributed by atoms with van der Waals surface area (Å²) >= 11 is 1.73. The zero-order valence-electron chi connectivity index (χ0n) is 7.29. The van der Waals surface area contributed by atoms with Crippen LogP contribution in [-0.4, -0.2) is 12.3 Å². The number of rotatable bonds is 2. The van der Waals surface area contributed by atoms with Gasteiger partial charge in [0.05, 0.1) is 0 Å². The molecule has 0 aromatic heterocycles. The van der Waals surface area contributed by atoms with Gasteiger partial charge in [-0.05, 0) is 36.6 Å². The Morgan fingerprint density at radius 1 is 1.54 bits per heavy atom. The predicted octanol–water partition coefficient (Wildman–Crippen LogP) is 2.36. The van der Waals surface area contributed by atoms with E-state index < -0.39 is 0 Å². The number of benzene rings is 1. The third-order valence-electron chi connectivity index (χ3n) is 2.37. The highest BCUT2D eigenvalue weighted by atomic mass is 32.2. The minimum absolute atomic E-state index is 0.139. The van der Waals surface area contributed by atoms with Gasteiger partial charge in [-0.2, -0.15) is 0 Å². The fourth-order valence-corrected chi connectivity index (χ4v) is 3.01. The molecule has 0 spiro atoms. The van der Waals surface area contributed by atoms with Gasteiger partial charge in [0.25, 0.3) is 0 Å². The van der Waals surface area contributed by atoms with Crippen molar-refractivity contribution < 1.29 is 4.39 Å². The standard InChI is InChI=1S/C10H12FNS/c11-8-1-2-9-7(3-4-12)6-13-10(9)5-8/h1-2,5,7H,3-4,6,12H2. The molecule has 70 valence electrons. The zero-order valence-corrected chi connectivity index (χ0v) is 8.11. The molecule has 0 amide bonds. The van der Waals surface area contributed by atoms with Gasteiger partial charge in [0.1, 0.15) is 5.82 Å². The van der Waals surface area contributed by atoms with E-state index in [4.69, 9.17) is 5.73 Å². The van der Waals surface area contributed by atoms with Crippen LogP contribution in [0.1, 0.15) is 17.9 Å². The SMILES string of the molecule is NCCC1CSc2cc(F)ccc21. The smallest absolute Gasteiger partial charge is 0.124 e. The average Bonchev–Trinajstić information content (AvgIpc) is 2.49. The van der Waals surface area contributed by atoms with E-state index in [1.807, 2.05) is 6.07 Å². The Kier molecular flexibility index (Phi) is 2.56. The van der Waals surface area contributed by atoms with Crippen molar-refractivity contribution in [3.05, 3.63) is 29.6 Å². The van der Waals surface area contributed by atoms with Gasteiger partial charge in [0.2, 0.25) is 0 Å². The summed E-state index contributed by atoms with van der Waals surface area (Å²) in [7, 11) is 0. The molecule has 1 aromatic carbocycles. The number of hydrogen-bond donors (Lipinski definition) is 1. The first kappa shape index (κ1) is 9.03. The first-order valence-electron chi connectivity index (χ1n) is 4.43. The van der Waals surface area contributed by atoms with Crippen LogP contribution in [0.3, 0.4) is 0 Å². The zero-order chi connectivity index (χ0) is 9.26. The largest absolute Gasteiger partial charge is 0.330 e. The predicted molar refractivity (Wildman–Crippen MR) is 53.5 cm³/mol. The van der Waals surface area contributed by atoms with Crippen LogP contribution in [0.5, 0.6) is 0 Å². The summed E-state index contributed by atoms with van der Waals surface area (Å²) in [6, 6.07) is 5.05. The Bertz CT molecular complexity index is 314. The average molecular weight is 197 g/mol. The minimum Gasteiger partial charge on any atom is -0.330 e. The molecule has 3 heteroatoms. The van der Waals surface area contributed by atoms with Crippen molar-refractivity contribution >= 4 is 11.8 Å². The van der Waals surface area contributed by atoms with Crippen molar-refractivity contribution in [3.63, 3.8) is 0 Å². The number of fused-ring (bicyclic) bond motifs is 1. The van der Waals surface area contributed by atoms with Crippen molar-refractivity contribution in [2.45, 2.75) is 17.2 Å². The van der Waals surface area contributed by atoms with E-state index in [0.29, 0.717) is 12.5 Å². The Balaban J connectivity index is 2.27. The molecule has 2 rings (SSSR count). The molecule has 13 heavy (non-hydrogen) atoms. The molecule has 0 fully saturated rings. The molecule has 1 aliphatic rings. The maximum atomic E-state index is 12.8. The van der Waals surface area contributed by atoms with Crippen LogP contribution >= 0.6 is 11.8 Å². The molecule has 1 unspecified atom stereocenters. The maximum absolute atomic E-state index is 12.8. The quantitative estimate of drug-likeness (QED) is 0.787. The number of halogens is 1. The topological polar surface area (TPSA) is 26.0 Å². The molecule has 2 N–H and O–H groups in total. The van der Waals surface area contributed by atoms with E-state index in [2.05, 4.69) is 0 Å². The second-order valence-corrected chi connectivity index (χ2v) is 4.33. The Labute approximate surface area is 81.5 Å². The Hall–Kier alpha value is -0.540. The molecule has 0 bridgehead atoms. The fraction of sp³-hybridized carbons (Fsp3) is 0.400. The summed E-state index contributed by atoms with van der Waals surface area (Å²) in [5.41, 5.74) is 6.79. The molecule has 0 saturated carbocycles. The lowest BCUT2D eigenvalue weighted by Crippen LogP contribution is -2.06. The van der Waals surface area contributed by atoms with Crippen LogP contribution in [0.25, 0.3) is 0 Å². The molecule has 0 saturated heterocycles. The second kappa shape index (κ2) is 3.68. The summed E-state index contributed by atoms with van der Waals surface area (Å²) in [4.78, 5) is 1.10. The fourth-order valence-electron chi connectivity index (χ4n) is 1.69. The molecule has 1 heterocycles. The summed E-state index contributed by atoms with van der Waals surface area (Å²) in [6.07, 6.45) is 1.01. The van der Waals surface area contributed by atoms with E-state index in [0.717, 1.165) is 17.1 Å². The normalized spacial score (nSPS) is 20.3. The van der Waals surface area contributed by atoms with Crippen LogP contribution in [-0.2, 0) is 0 Å². The summed E-state index contributed by atoms with van der Waals surface area (Å²) in [5.74, 6) is 1.45.